The number of aryl methyl sites for hydroxylation is 1. The summed E-state index contributed by atoms with van der Waals surface area (Å²) >= 11 is 0. The molecule has 6 nitrogen and oxygen atoms in total. The Balaban J connectivity index is 1.61. The highest BCUT2D eigenvalue weighted by atomic mass is 16.1. The Bertz CT molecular complexity index is 1510. The van der Waals surface area contributed by atoms with E-state index in [-0.39, 0.29) is 23.2 Å². The lowest BCUT2D eigenvalue weighted by Gasteiger charge is -2.47. The molecule has 0 amide bonds. The zero-order chi connectivity index (χ0) is 24.2. The maximum Gasteiger partial charge on any atom is 0.176 e. The summed E-state index contributed by atoms with van der Waals surface area (Å²) in [4.78, 5) is 13.0. The maximum atomic E-state index is 13.0. The van der Waals surface area contributed by atoms with Crippen molar-refractivity contribution in [1.29, 1.82) is 5.26 Å². The molecule has 6 rings (SSSR count). The first kappa shape index (κ1) is 21.3. The van der Waals surface area contributed by atoms with Crippen LogP contribution in [0.3, 0.4) is 0 Å². The van der Waals surface area contributed by atoms with Gasteiger partial charge in [0.1, 0.15) is 6.07 Å². The van der Waals surface area contributed by atoms with Crippen molar-refractivity contribution in [3.63, 3.8) is 0 Å². The minimum atomic E-state index is -0.620. The molecule has 0 aliphatic heterocycles. The summed E-state index contributed by atoms with van der Waals surface area (Å²) < 4.78 is 1.97. The van der Waals surface area contributed by atoms with Crippen LogP contribution in [0.4, 0.5) is 0 Å². The average Bonchev–Trinajstić information content (AvgIpc) is 3.55. The predicted molar refractivity (Wildman–Crippen MR) is 133 cm³/mol. The number of hydrogen-bond acceptors (Lipinski definition) is 4. The molecular formula is C29H25N5O. The van der Waals surface area contributed by atoms with Gasteiger partial charge in [0.15, 0.2) is 5.78 Å². The van der Waals surface area contributed by atoms with Crippen molar-refractivity contribution in [3.05, 3.63) is 95.5 Å². The van der Waals surface area contributed by atoms with Gasteiger partial charge in [-0.05, 0) is 42.0 Å². The fourth-order valence-electron chi connectivity index (χ4n) is 6.24. The van der Waals surface area contributed by atoms with Gasteiger partial charge in [-0.2, -0.15) is 15.5 Å². The number of H-pyrrole nitrogens is 1. The molecule has 1 N–H and O–H groups in total. The number of carbonyl (C=O) groups is 1. The number of aromatic nitrogens is 4. The van der Waals surface area contributed by atoms with E-state index in [9.17, 15) is 10.1 Å². The highest BCUT2D eigenvalue weighted by molar-refractivity contribution is 6.02. The van der Waals surface area contributed by atoms with Crippen molar-refractivity contribution in [3.8, 4) is 28.5 Å². The van der Waals surface area contributed by atoms with Crippen LogP contribution in [0.5, 0.6) is 0 Å². The Hall–Kier alpha value is -4.24. The van der Waals surface area contributed by atoms with E-state index in [2.05, 4.69) is 52.7 Å². The first-order valence-electron chi connectivity index (χ1n) is 11.9. The molecule has 2 aromatic carbocycles. The lowest BCUT2D eigenvalue weighted by atomic mass is 9.54. The molecule has 0 saturated carbocycles. The number of nitrogens with zero attached hydrogens (tertiary/aromatic N) is 4. The Labute approximate surface area is 203 Å². The minimum absolute atomic E-state index is 0.0435. The summed E-state index contributed by atoms with van der Waals surface area (Å²) in [6, 6.07) is 20.9. The number of carbonyl (C=O) groups excluding carboxylic acids is 1. The van der Waals surface area contributed by atoms with Crippen molar-refractivity contribution in [2.45, 2.75) is 25.2 Å². The van der Waals surface area contributed by atoms with Crippen LogP contribution < -0.4 is 0 Å². The smallest absolute Gasteiger partial charge is 0.176 e. The van der Waals surface area contributed by atoms with Gasteiger partial charge >= 0.3 is 0 Å². The highest BCUT2D eigenvalue weighted by Crippen LogP contribution is 2.54. The van der Waals surface area contributed by atoms with Crippen molar-refractivity contribution in [1.82, 2.24) is 20.0 Å². The van der Waals surface area contributed by atoms with E-state index < -0.39 is 5.41 Å². The van der Waals surface area contributed by atoms with E-state index in [4.69, 9.17) is 5.10 Å². The number of benzene rings is 2. The van der Waals surface area contributed by atoms with E-state index in [1.165, 1.54) is 5.56 Å². The molecule has 3 atom stereocenters. The van der Waals surface area contributed by atoms with Crippen LogP contribution in [0.15, 0.2) is 78.6 Å². The zero-order valence-electron chi connectivity index (χ0n) is 19.7. The summed E-state index contributed by atoms with van der Waals surface area (Å²) in [7, 11) is 1.98. The van der Waals surface area contributed by atoms with E-state index in [0.717, 1.165) is 46.5 Å². The average molecular weight is 460 g/mol. The Morgan fingerprint density at radius 3 is 2.66 bits per heavy atom. The van der Waals surface area contributed by atoms with Gasteiger partial charge in [-0.15, -0.1) is 0 Å². The molecule has 0 fully saturated rings. The Morgan fingerprint density at radius 2 is 1.91 bits per heavy atom. The van der Waals surface area contributed by atoms with Gasteiger partial charge in [0.25, 0.3) is 0 Å². The molecule has 0 radical (unpaired) electrons. The van der Waals surface area contributed by atoms with Gasteiger partial charge in [-0.1, -0.05) is 55.5 Å². The number of hydrogen-bond donors (Lipinski definition) is 1. The monoisotopic (exact) mass is 459 g/mol. The molecule has 2 heterocycles. The number of nitriles is 1. The maximum absolute atomic E-state index is 13.0. The van der Waals surface area contributed by atoms with E-state index in [1.54, 1.807) is 0 Å². The number of allylic oxidation sites excluding steroid dienone is 2. The summed E-state index contributed by atoms with van der Waals surface area (Å²) in [6.07, 6.45) is 7.31. The van der Waals surface area contributed by atoms with Crippen LogP contribution in [0.1, 0.15) is 30.2 Å². The van der Waals surface area contributed by atoms with Crippen LogP contribution in [0.2, 0.25) is 0 Å². The normalized spacial score (nSPS) is 23.2. The number of rotatable bonds is 3. The molecule has 0 saturated heterocycles. The fraction of sp³-hybridized carbons (Fsp3) is 0.241. The molecule has 2 aliphatic rings. The van der Waals surface area contributed by atoms with Gasteiger partial charge in [-0.3, -0.25) is 14.6 Å². The fourth-order valence-corrected chi connectivity index (χ4v) is 6.24. The van der Waals surface area contributed by atoms with Crippen molar-refractivity contribution < 1.29 is 4.79 Å². The van der Waals surface area contributed by atoms with Crippen LogP contribution in [0, 0.1) is 23.2 Å². The van der Waals surface area contributed by atoms with Crippen LogP contribution in [0.25, 0.3) is 22.4 Å². The quantitative estimate of drug-likeness (QED) is 0.467. The predicted octanol–water partition coefficient (Wildman–Crippen LogP) is 4.99. The van der Waals surface area contributed by atoms with Crippen LogP contribution in [-0.4, -0.2) is 25.8 Å². The number of Topliss-reactive ketones (excluding diaryl/α,β-unsaturated/α-hetero) is 1. The SMILES string of the molecule is C[C@@H]1C(=O)C(C#N)=C[C@]2(c3ccccc3)c3nn(C)c(-c4cccc(-c5cn[nH]c5)c4)c3CC[C@@H]12. The largest absolute Gasteiger partial charge is 0.293 e. The number of aromatic amines is 1. The summed E-state index contributed by atoms with van der Waals surface area (Å²) in [5, 5.41) is 22.0. The van der Waals surface area contributed by atoms with E-state index in [1.807, 2.05) is 55.3 Å². The van der Waals surface area contributed by atoms with E-state index >= 15 is 0 Å². The minimum Gasteiger partial charge on any atom is -0.293 e. The summed E-state index contributed by atoms with van der Waals surface area (Å²) in [5.74, 6) is -0.267. The molecule has 6 heteroatoms. The molecular weight excluding hydrogens is 434 g/mol. The van der Waals surface area contributed by atoms with Crippen LogP contribution >= 0.6 is 0 Å². The number of fused-ring (bicyclic) bond motifs is 3. The summed E-state index contributed by atoms with van der Waals surface area (Å²) in [5.41, 5.74) is 7.12. The zero-order valence-corrected chi connectivity index (χ0v) is 19.7. The molecule has 0 unspecified atom stereocenters. The third-order valence-corrected chi connectivity index (χ3v) is 7.82. The van der Waals surface area contributed by atoms with E-state index in [0.29, 0.717) is 0 Å². The standard InChI is InChI=1S/C29H25N5O/c1-18-25-12-11-24-26(20-8-6-7-19(13-20)22-16-31-32-17-22)34(2)33-28(24)29(25,14-21(15-30)27(18)35)23-9-4-3-5-10-23/h3-10,13-14,16-18,25H,11-12H2,1-2H3,(H,31,32)/t18-,25-,29+/m0/s1. The third-order valence-electron chi connectivity index (χ3n) is 7.82. The second-order valence-electron chi connectivity index (χ2n) is 9.57. The Kier molecular flexibility index (Phi) is 4.82. The van der Waals surface area contributed by atoms with Gasteiger partial charge in [-0.25, -0.2) is 0 Å². The van der Waals surface area contributed by atoms with Crippen molar-refractivity contribution in [2.75, 3.05) is 0 Å². The molecule has 172 valence electrons. The third kappa shape index (κ3) is 3.05. The number of nitrogens with one attached hydrogen (secondary N) is 1. The molecule has 0 bridgehead atoms. The first-order valence-corrected chi connectivity index (χ1v) is 11.9. The number of ketones is 1. The summed E-state index contributed by atoms with van der Waals surface area (Å²) in [6.45, 7) is 1.97. The lowest BCUT2D eigenvalue weighted by Crippen LogP contribution is -2.48. The van der Waals surface area contributed by atoms with Gasteiger partial charge in [0, 0.05) is 35.9 Å². The molecule has 4 aromatic rings. The molecule has 35 heavy (non-hydrogen) atoms. The first-order chi connectivity index (χ1) is 17.0. The van der Waals surface area contributed by atoms with Crippen LogP contribution in [-0.2, 0) is 23.7 Å². The molecule has 0 spiro atoms. The van der Waals surface area contributed by atoms with Gasteiger partial charge < -0.3 is 0 Å². The lowest BCUT2D eigenvalue weighted by molar-refractivity contribution is -0.121. The Morgan fingerprint density at radius 1 is 1.11 bits per heavy atom. The molecule has 2 aromatic heterocycles. The van der Waals surface area contributed by atoms with Crippen molar-refractivity contribution in [2.24, 2.45) is 18.9 Å². The molecule has 2 aliphatic carbocycles. The van der Waals surface area contributed by atoms with Crippen molar-refractivity contribution >= 4 is 5.78 Å². The van der Waals surface area contributed by atoms with Gasteiger partial charge in [0.2, 0.25) is 0 Å². The second-order valence-corrected chi connectivity index (χ2v) is 9.57. The highest BCUT2D eigenvalue weighted by Gasteiger charge is 2.54. The second kappa shape index (κ2) is 7.92. The topological polar surface area (TPSA) is 87.4 Å². The van der Waals surface area contributed by atoms with Gasteiger partial charge in [0.05, 0.1) is 28.6 Å².